The summed E-state index contributed by atoms with van der Waals surface area (Å²) in [5.41, 5.74) is 0. The van der Waals surface area contributed by atoms with Gasteiger partial charge in [-0.15, -0.1) is 0 Å². The number of unbranched alkanes of at least 4 members (excludes halogenated alkanes) is 12. The van der Waals surface area contributed by atoms with Gasteiger partial charge in [-0.05, 0) is 13.3 Å². The Morgan fingerprint density at radius 1 is 0.737 bits per heavy atom. The van der Waals surface area contributed by atoms with Gasteiger partial charge in [-0.3, -0.25) is 0 Å². The number of rotatable bonds is 14. The maximum Gasteiger partial charge on any atom is 0.0655 e. The zero-order valence-corrected chi connectivity index (χ0v) is 13.1. The summed E-state index contributed by atoms with van der Waals surface area (Å²) in [5, 5.41) is 8.61. The molecule has 0 rings (SSSR count). The molecule has 1 heteroatoms. The van der Waals surface area contributed by atoms with Crippen LogP contribution < -0.4 is 0 Å². The fraction of sp³-hybridized carbons (Fsp3) is 0.889. The van der Waals surface area contributed by atoms with Gasteiger partial charge in [-0.25, -0.2) is 0 Å². The summed E-state index contributed by atoms with van der Waals surface area (Å²) in [6.07, 6.45) is 19.0. The van der Waals surface area contributed by atoms with Gasteiger partial charge in [0.1, 0.15) is 0 Å². The monoisotopic (exact) mass is 264 g/mol. The molecule has 0 aromatic rings. The van der Waals surface area contributed by atoms with Gasteiger partial charge in [0.2, 0.25) is 0 Å². The molecule has 1 atom stereocenters. The summed E-state index contributed by atoms with van der Waals surface area (Å²) in [7, 11) is 0. The highest BCUT2D eigenvalue weighted by Gasteiger charge is 1.98. The molecule has 1 nitrogen and oxygen atoms in total. The number of hydrogen-bond donors (Lipinski definition) is 0. The molecule has 19 heavy (non-hydrogen) atoms. The lowest BCUT2D eigenvalue weighted by molar-refractivity contribution is 0.529. The molecule has 0 amide bonds. The van der Waals surface area contributed by atoms with E-state index in [1.807, 2.05) is 0 Å². The standard InChI is InChI=1S/C18H34N/c1-3-4-5-6-7-8-9-10-11-12-13-14-15-16-18(2)17-19/h18H,2-16H2,1H3. The smallest absolute Gasteiger partial charge is 0.0655 e. The lowest BCUT2D eigenvalue weighted by Gasteiger charge is -2.03. The average Bonchev–Trinajstić information content (AvgIpc) is 2.43. The molecule has 0 fully saturated rings. The minimum atomic E-state index is 0.00714. The van der Waals surface area contributed by atoms with Gasteiger partial charge in [-0.2, -0.15) is 5.26 Å². The number of nitriles is 1. The predicted octanol–water partition coefficient (Wildman–Crippen LogP) is 6.44. The fourth-order valence-electron chi connectivity index (χ4n) is 2.47. The summed E-state index contributed by atoms with van der Waals surface area (Å²) in [6.45, 7) is 6.06. The van der Waals surface area contributed by atoms with Crippen LogP contribution in [0, 0.1) is 24.2 Å². The van der Waals surface area contributed by atoms with Gasteiger partial charge in [-0.1, -0.05) is 90.4 Å². The Kier molecular flexibility index (Phi) is 15.1. The van der Waals surface area contributed by atoms with Crippen LogP contribution in [0.5, 0.6) is 0 Å². The molecule has 111 valence electrons. The van der Waals surface area contributed by atoms with E-state index in [2.05, 4.69) is 19.9 Å². The van der Waals surface area contributed by atoms with Gasteiger partial charge in [0.05, 0.1) is 6.07 Å². The van der Waals surface area contributed by atoms with Crippen LogP contribution in [0.15, 0.2) is 0 Å². The molecule has 1 unspecified atom stereocenters. The third kappa shape index (κ3) is 15.4. The second-order valence-corrected chi connectivity index (χ2v) is 5.86. The van der Waals surface area contributed by atoms with Crippen LogP contribution in [0.3, 0.4) is 0 Å². The molecule has 0 N–H and O–H groups in total. The second kappa shape index (κ2) is 15.5. The topological polar surface area (TPSA) is 23.8 Å². The van der Waals surface area contributed by atoms with Crippen LogP contribution in [0.2, 0.25) is 0 Å². The normalized spacial score (nSPS) is 12.3. The summed E-state index contributed by atoms with van der Waals surface area (Å²) in [6, 6.07) is 2.20. The van der Waals surface area contributed by atoms with Crippen molar-refractivity contribution in [2.75, 3.05) is 0 Å². The van der Waals surface area contributed by atoms with Crippen LogP contribution in [0.25, 0.3) is 0 Å². The quantitative estimate of drug-likeness (QED) is 0.331. The molecule has 0 aromatic heterocycles. The Morgan fingerprint density at radius 2 is 1.11 bits per heavy atom. The van der Waals surface area contributed by atoms with Gasteiger partial charge in [0.15, 0.2) is 0 Å². The van der Waals surface area contributed by atoms with Crippen molar-refractivity contribution in [1.29, 1.82) is 5.26 Å². The molecule has 0 bridgehead atoms. The summed E-state index contributed by atoms with van der Waals surface area (Å²) in [4.78, 5) is 0. The van der Waals surface area contributed by atoms with Crippen molar-refractivity contribution in [2.24, 2.45) is 5.92 Å². The van der Waals surface area contributed by atoms with E-state index in [9.17, 15) is 0 Å². The highest BCUT2D eigenvalue weighted by molar-refractivity contribution is 4.83. The molecule has 0 aromatic carbocycles. The number of nitrogens with zero attached hydrogens (tertiary/aromatic N) is 1. The van der Waals surface area contributed by atoms with E-state index >= 15 is 0 Å². The third-order valence-electron chi connectivity index (χ3n) is 3.84. The van der Waals surface area contributed by atoms with E-state index in [1.54, 1.807) is 0 Å². The molecule has 0 saturated carbocycles. The molecule has 0 aliphatic rings. The van der Waals surface area contributed by atoms with E-state index in [1.165, 1.54) is 83.5 Å². The van der Waals surface area contributed by atoms with E-state index < -0.39 is 0 Å². The Hall–Kier alpha value is -0.510. The maximum absolute atomic E-state index is 8.61. The van der Waals surface area contributed by atoms with Crippen molar-refractivity contribution >= 4 is 0 Å². The zero-order chi connectivity index (χ0) is 14.2. The molecular formula is C18H34N. The van der Waals surface area contributed by atoms with Crippen LogP contribution in [-0.4, -0.2) is 0 Å². The lowest BCUT2D eigenvalue weighted by atomic mass is 10.0. The second-order valence-electron chi connectivity index (χ2n) is 5.86. The van der Waals surface area contributed by atoms with Crippen molar-refractivity contribution in [1.82, 2.24) is 0 Å². The van der Waals surface area contributed by atoms with Crippen LogP contribution >= 0.6 is 0 Å². The first-order valence-corrected chi connectivity index (χ1v) is 8.54. The van der Waals surface area contributed by atoms with Gasteiger partial charge < -0.3 is 0 Å². The first-order valence-electron chi connectivity index (χ1n) is 8.54. The van der Waals surface area contributed by atoms with E-state index in [4.69, 9.17) is 5.26 Å². The summed E-state index contributed by atoms with van der Waals surface area (Å²) in [5.74, 6) is 0.00714. The van der Waals surface area contributed by atoms with Gasteiger partial charge in [0.25, 0.3) is 0 Å². The Bertz CT molecular complexity index is 204. The van der Waals surface area contributed by atoms with Gasteiger partial charge >= 0.3 is 0 Å². The first-order chi connectivity index (χ1) is 9.31. The number of hydrogen-bond acceptors (Lipinski definition) is 1. The first kappa shape index (κ1) is 18.5. The van der Waals surface area contributed by atoms with Crippen molar-refractivity contribution < 1.29 is 0 Å². The highest BCUT2D eigenvalue weighted by atomic mass is 14.3. The van der Waals surface area contributed by atoms with Gasteiger partial charge in [0, 0.05) is 5.92 Å². The zero-order valence-electron chi connectivity index (χ0n) is 13.1. The fourth-order valence-corrected chi connectivity index (χ4v) is 2.47. The Labute approximate surface area is 121 Å². The molecule has 0 aliphatic heterocycles. The Morgan fingerprint density at radius 3 is 1.47 bits per heavy atom. The SMILES string of the molecule is [CH2]C(C#N)CCCCCCCCCCCCCCC. The molecule has 0 spiro atoms. The molecule has 0 saturated heterocycles. The highest BCUT2D eigenvalue weighted by Crippen LogP contribution is 2.14. The van der Waals surface area contributed by atoms with Crippen LogP contribution in [-0.2, 0) is 0 Å². The van der Waals surface area contributed by atoms with E-state index in [0.717, 1.165) is 6.42 Å². The van der Waals surface area contributed by atoms with Crippen LogP contribution in [0.1, 0.15) is 96.8 Å². The third-order valence-corrected chi connectivity index (χ3v) is 3.84. The minimum Gasteiger partial charge on any atom is -0.198 e. The van der Waals surface area contributed by atoms with Crippen molar-refractivity contribution in [3.05, 3.63) is 6.92 Å². The van der Waals surface area contributed by atoms with Crippen molar-refractivity contribution in [3.63, 3.8) is 0 Å². The average molecular weight is 264 g/mol. The molecule has 1 radical (unpaired) electrons. The van der Waals surface area contributed by atoms with E-state index in [-0.39, 0.29) is 5.92 Å². The molecular weight excluding hydrogens is 230 g/mol. The molecule has 0 aliphatic carbocycles. The largest absolute Gasteiger partial charge is 0.198 e. The van der Waals surface area contributed by atoms with E-state index in [0.29, 0.717) is 0 Å². The van der Waals surface area contributed by atoms with Crippen molar-refractivity contribution in [2.45, 2.75) is 96.8 Å². The van der Waals surface area contributed by atoms with Crippen molar-refractivity contribution in [3.8, 4) is 6.07 Å². The lowest BCUT2D eigenvalue weighted by Crippen LogP contribution is -1.90. The minimum absolute atomic E-state index is 0.00714. The Balaban J connectivity index is 2.97. The summed E-state index contributed by atoms with van der Waals surface area (Å²) < 4.78 is 0. The summed E-state index contributed by atoms with van der Waals surface area (Å²) >= 11 is 0. The maximum atomic E-state index is 8.61. The van der Waals surface area contributed by atoms with Crippen LogP contribution in [0.4, 0.5) is 0 Å². The molecule has 0 heterocycles. The predicted molar refractivity (Wildman–Crippen MR) is 84.8 cm³/mol.